The summed E-state index contributed by atoms with van der Waals surface area (Å²) in [4.78, 5) is 53.0. The number of nitro benzene ring substituents is 1. The Hall–Kier alpha value is -3.99. The lowest BCUT2D eigenvalue weighted by Gasteiger charge is -2.35. The second-order valence-corrected chi connectivity index (χ2v) is 8.24. The molecule has 178 valence electrons. The summed E-state index contributed by atoms with van der Waals surface area (Å²) in [6, 6.07) is 14.8. The van der Waals surface area contributed by atoms with Gasteiger partial charge >= 0.3 is 6.03 Å². The lowest BCUT2D eigenvalue weighted by atomic mass is 9.87. The highest BCUT2D eigenvalue weighted by Crippen LogP contribution is 2.31. The lowest BCUT2D eigenvalue weighted by molar-refractivity contribution is -0.384. The number of carbonyl (C=O) groups excluding carboxylic acids is 3. The van der Waals surface area contributed by atoms with Crippen molar-refractivity contribution in [1.82, 2.24) is 20.7 Å². The predicted octanol–water partition coefficient (Wildman–Crippen LogP) is 1.61. The van der Waals surface area contributed by atoms with Crippen molar-refractivity contribution >= 4 is 29.2 Å². The van der Waals surface area contributed by atoms with Crippen molar-refractivity contribution in [3.8, 4) is 0 Å². The van der Waals surface area contributed by atoms with Crippen molar-refractivity contribution in [3.05, 3.63) is 70.3 Å². The van der Waals surface area contributed by atoms with Gasteiger partial charge in [0.15, 0.2) is 0 Å². The molecule has 2 aromatic carbocycles. The van der Waals surface area contributed by atoms with E-state index < -0.39 is 28.3 Å². The maximum absolute atomic E-state index is 13.1. The maximum atomic E-state index is 13.1. The number of hydrogen-bond donors (Lipinski definition) is 2. The van der Waals surface area contributed by atoms with Gasteiger partial charge < -0.3 is 10.2 Å². The number of amides is 4. The molecule has 0 radical (unpaired) electrons. The van der Waals surface area contributed by atoms with Gasteiger partial charge in [0.1, 0.15) is 11.2 Å². The molecule has 0 bridgehead atoms. The highest BCUT2D eigenvalue weighted by Gasteiger charge is 2.52. The molecule has 0 spiro atoms. The Bertz CT molecular complexity index is 1100. The summed E-state index contributed by atoms with van der Waals surface area (Å²) in [6.07, 6.45) is 0.335. The van der Waals surface area contributed by atoms with E-state index in [1.54, 1.807) is 49.4 Å². The van der Waals surface area contributed by atoms with Gasteiger partial charge in [-0.2, -0.15) is 5.01 Å². The number of rotatable bonds is 7. The molecule has 0 unspecified atom stereocenters. The quantitative estimate of drug-likeness (QED) is 0.360. The molecule has 2 fully saturated rings. The number of imide groups is 1. The number of nitrogens with zero attached hydrogens (tertiary/aromatic N) is 4. The van der Waals surface area contributed by atoms with Gasteiger partial charge in [-0.05, 0) is 18.1 Å². The number of hydrazine groups is 1. The normalized spacial score (nSPS) is 20.9. The maximum Gasteiger partial charge on any atom is 0.344 e. The Morgan fingerprint density at radius 3 is 2.35 bits per heavy atom. The van der Waals surface area contributed by atoms with Crippen molar-refractivity contribution in [3.63, 3.8) is 0 Å². The topological polar surface area (TPSA) is 128 Å². The summed E-state index contributed by atoms with van der Waals surface area (Å²) < 4.78 is 0. The van der Waals surface area contributed by atoms with Gasteiger partial charge in [0.05, 0.1) is 11.5 Å². The minimum absolute atomic E-state index is 0.00769. The number of nitro groups is 1. The molecular formula is C23H26N6O5. The van der Waals surface area contributed by atoms with Gasteiger partial charge in [-0.15, -0.1) is 0 Å². The van der Waals surface area contributed by atoms with E-state index in [1.807, 2.05) is 15.9 Å². The first-order valence-corrected chi connectivity index (χ1v) is 11.1. The number of nitrogens with one attached hydrogen (secondary N) is 2. The fourth-order valence-corrected chi connectivity index (χ4v) is 4.43. The Morgan fingerprint density at radius 2 is 1.71 bits per heavy atom. The van der Waals surface area contributed by atoms with Gasteiger partial charge in [-0.25, -0.2) is 4.79 Å². The van der Waals surface area contributed by atoms with Crippen LogP contribution in [0.25, 0.3) is 0 Å². The fraction of sp³-hybridized carbons (Fsp3) is 0.348. The second kappa shape index (κ2) is 9.48. The van der Waals surface area contributed by atoms with Crippen molar-refractivity contribution in [2.75, 3.05) is 37.6 Å². The molecule has 4 rings (SSSR count). The van der Waals surface area contributed by atoms with Crippen LogP contribution in [0.4, 0.5) is 16.2 Å². The third-order valence-electron chi connectivity index (χ3n) is 6.28. The van der Waals surface area contributed by atoms with Crippen LogP contribution < -0.4 is 15.6 Å². The van der Waals surface area contributed by atoms with Crippen LogP contribution in [0.15, 0.2) is 54.6 Å². The monoisotopic (exact) mass is 466 g/mol. The van der Waals surface area contributed by atoms with Crippen LogP contribution in [0.5, 0.6) is 0 Å². The van der Waals surface area contributed by atoms with E-state index in [9.17, 15) is 24.5 Å². The molecule has 2 saturated heterocycles. The first-order valence-electron chi connectivity index (χ1n) is 11.1. The van der Waals surface area contributed by atoms with Crippen LogP contribution >= 0.6 is 0 Å². The number of para-hydroxylation sites is 2. The van der Waals surface area contributed by atoms with Crippen LogP contribution in [-0.2, 0) is 15.1 Å². The number of benzene rings is 2. The number of hydrogen-bond acceptors (Lipinski definition) is 7. The molecule has 34 heavy (non-hydrogen) atoms. The van der Waals surface area contributed by atoms with Crippen LogP contribution in [0.1, 0.15) is 18.9 Å². The van der Waals surface area contributed by atoms with Crippen molar-refractivity contribution in [1.29, 1.82) is 0 Å². The summed E-state index contributed by atoms with van der Waals surface area (Å²) in [6.45, 7) is 3.81. The zero-order chi connectivity index (χ0) is 24.3. The minimum Gasteiger partial charge on any atom is -0.363 e. The average molecular weight is 466 g/mol. The van der Waals surface area contributed by atoms with Gasteiger partial charge in [0, 0.05) is 32.2 Å². The van der Waals surface area contributed by atoms with E-state index >= 15 is 0 Å². The molecule has 2 heterocycles. The smallest absolute Gasteiger partial charge is 0.344 e. The molecule has 0 saturated carbocycles. The number of urea groups is 1. The average Bonchev–Trinajstić information content (AvgIpc) is 3.10. The summed E-state index contributed by atoms with van der Waals surface area (Å²) in [5.41, 5.74) is 2.47. The zero-order valence-electron chi connectivity index (χ0n) is 18.8. The molecule has 4 amide bonds. The summed E-state index contributed by atoms with van der Waals surface area (Å²) in [7, 11) is 0. The lowest BCUT2D eigenvalue weighted by Crippen LogP contribution is -2.54. The summed E-state index contributed by atoms with van der Waals surface area (Å²) in [5, 5.41) is 14.8. The van der Waals surface area contributed by atoms with E-state index in [-0.39, 0.29) is 12.2 Å². The molecule has 2 aliphatic heterocycles. The third kappa shape index (κ3) is 4.29. The van der Waals surface area contributed by atoms with Gasteiger partial charge in [-0.1, -0.05) is 49.4 Å². The van der Waals surface area contributed by atoms with Gasteiger partial charge in [-0.3, -0.25) is 30.0 Å². The highest BCUT2D eigenvalue weighted by molar-refractivity contribution is 6.08. The molecule has 2 aliphatic rings. The first-order chi connectivity index (χ1) is 16.4. The van der Waals surface area contributed by atoms with Crippen LogP contribution in [0, 0.1) is 10.1 Å². The van der Waals surface area contributed by atoms with Crippen LogP contribution in [0.2, 0.25) is 0 Å². The minimum atomic E-state index is -1.22. The number of anilines is 1. The molecule has 2 N–H and O–H groups in total. The standard InChI is InChI=1S/C23H26N6O5/c1-2-23(17-8-4-3-5-9-17)21(31)28(22(32)24-23)25-20(30)16-26-12-14-27(15-13-26)18-10-6-7-11-19(18)29(33)34/h3-11H,2,12-16H2,1H3,(H,24,32)(H,25,30)/t23-/m0/s1. The fourth-order valence-electron chi connectivity index (χ4n) is 4.43. The van der Waals surface area contributed by atoms with Gasteiger partial charge in [0.2, 0.25) is 0 Å². The molecule has 11 heteroatoms. The highest BCUT2D eigenvalue weighted by atomic mass is 16.6. The molecule has 0 aromatic heterocycles. The van der Waals surface area contributed by atoms with Gasteiger partial charge in [0.25, 0.3) is 17.5 Å². The third-order valence-corrected chi connectivity index (χ3v) is 6.28. The second-order valence-electron chi connectivity index (χ2n) is 8.24. The van der Waals surface area contributed by atoms with E-state index in [4.69, 9.17) is 0 Å². The number of piperazine rings is 1. The molecule has 2 aromatic rings. The van der Waals surface area contributed by atoms with E-state index in [1.165, 1.54) is 6.07 Å². The van der Waals surface area contributed by atoms with Crippen LogP contribution in [-0.4, -0.2) is 65.4 Å². The Morgan fingerprint density at radius 1 is 1.06 bits per heavy atom. The zero-order valence-corrected chi connectivity index (χ0v) is 18.8. The summed E-state index contributed by atoms with van der Waals surface area (Å²) >= 11 is 0. The Kier molecular flexibility index (Phi) is 6.46. The number of carbonyl (C=O) groups is 3. The molecule has 0 aliphatic carbocycles. The van der Waals surface area contributed by atoms with E-state index in [2.05, 4.69) is 10.7 Å². The van der Waals surface area contributed by atoms with Crippen molar-refractivity contribution in [2.45, 2.75) is 18.9 Å². The Labute approximate surface area is 196 Å². The van der Waals surface area contributed by atoms with E-state index in [0.29, 0.717) is 43.9 Å². The predicted molar refractivity (Wildman–Crippen MR) is 124 cm³/mol. The van der Waals surface area contributed by atoms with E-state index in [0.717, 1.165) is 5.01 Å². The molecule has 1 atom stereocenters. The van der Waals surface area contributed by atoms with Crippen LogP contribution in [0.3, 0.4) is 0 Å². The first kappa shape index (κ1) is 23.2. The molecular weight excluding hydrogens is 440 g/mol. The summed E-state index contributed by atoms with van der Waals surface area (Å²) in [5.74, 6) is -1.01. The van der Waals surface area contributed by atoms with Crippen molar-refractivity contribution in [2.24, 2.45) is 0 Å². The van der Waals surface area contributed by atoms with Crippen molar-refractivity contribution < 1.29 is 19.3 Å². The largest absolute Gasteiger partial charge is 0.363 e. The molecule has 11 nitrogen and oxygen atoms in total. The SMILES string of the molecule is CC[C@@]1(c2ccccc2)NC(=O)N(NC(=O)CN2CCN(c3ccccc3[N+](=O)[O-])CC2)C1=O. The Balaban J connectivity index is 1.36.